The van der Waals surface area contributed by atoms with Crippen LogP contribution in [0.1, 0.15) is 37.0 Å². The fourth-order valence-electron chi connectivity index (χ4n) is 3.05. The predicted octanol–water partition coefficient (Wildman–Crippen LogP) is 1.24. The average molecular weight is 280 g/mol. The Bertz CT molecular complexity index is 431. The molecular weight excluding hydrogens is 256 g/mol. The zero-order valence-corrected chi connectivity index (χ0v) is 12.4. The second-order valence-electron chi connectivity index (χ2n) is 5.92. The van der Waals surface area contributed by atoms with Crippen molar-refractivity contribution in [2.24, 2.45) is 0 Å². The van der Waals surface area contributed by atoms with E-state index in [1.807, 2.05) is 6.92 Å². The quantitative estimate of drug-likeness (QED) is 0.830. The van der Waals surface area contributed by atoms with Crippen LogP contribution in [0.3, 0.4) is 0 Å². The average Bonchev–Trinajstić information content (AvgIpc) is 2.89. The smallest absolute Gasteiger partial charge is 0.245 e. The van der Waals surface area contributed by atoms with Gasteiger partial charge in [-0.3, -0.25) is 9.80 Å². The molecule has 0 radical (unpaired) electrons. The minimum Gasteiger partial charge on any atom is -0.377 e. The van der Waals surface area contributed by atoms with Crippen LogP contribution in [0.25, 0.3) is 0 Å². The van der Waals surface area contributed by atoms with E-state index < -0.39 is 0 Å². The van der Waals surface area contributed by atoms with Gasteiger partial charge < -0.3 is 9.26 Å². The Morgan fingerprint density at radius 2 is 2.20 bits per heavy atom. The van der Waals surface area contributed by atoms with Gasteiger partial charge in [-0.1, -0.05) is 5.16 Å². The SMILES string of the molecule is Cc1noc([C@@H]2CN(C[C@H]3CCCCO3)CCN2C)n1. The van der Waals surface area contributed by atoms with Crippen LogP contribution >= 0.6 is 0 Å². The summed E-state index contributed by atoms with van der Waals surface area (Å²) >= 11 is 0. The number of hydrogen-bond donors (Lipinski definition) is 0. The lowest BCUT2D eigenvalue weighted by atomic mass is 10.1. The van der Waals surface area contributed by atoms with Crippen LogP contribution in [0.4, 0.5) is 0 Å². The summed E-state index contributed by atoms with van der Waals surface area (Å²) in [6.07, 6.45) is 4.10. The molecule has 2 aliphatic heterocycles. The lowest BCUT2D eigenvalue weighted by Gasteiger charge is -2.39. The Balaban J connectivity index is 1.60. The molecule has 2 fully saturated rings. The first-order valence-electron chi connectivity index (χ1n) is 7.57. The Hall–Kier alpha value is -0.980. The lowest BCUT2D eigenvalue weighted by Crippen LogP contribution is -2.49. The molecule has 0 aromatic carbocycles. The van der Waals surface area contributed by atoms with Crippen LogP contribution in [0, 0.1) is 6.92 Å². The van der Waals surface area contributed by atoms with Crippen LogP contribution in [-0.2, 0) is 4.74 Å². The number of aromatic nitrogens is 2. The molecule has 2 aliphatic rings. The second-order valence-corrected chi connectivity index (χ2v) is 5.92. The van der Waals surface area contributed by atoms with Crippen LogP contribution in [0.15, 0.2) is 4.52 Å². The van der Waals surface area contributed by atoms with Crippen molar-refractivity contribution >= 4 is 0 Å². The van der Waals surface area contributed by atoms with Crippen LogP contribution in [0.2, 0.25) is 0 Å². The maximum Gasteiger partial charge on any atom is 0.245 e. The number of piperazine rings is 1. The van der Waals surface area contributed by atoms with Gasteiger partial charge in [0.05, 0.1) is 6.10 Å². The number of aryl methyl sites for hydroxylation is 1. The molecule has 2 saturated heterocycles. The van der Waals surface area contributed by atoms with Crippen molar-refractivity contribution in [3.8, 4) is 0 Å². The third-order valence-electron chi connectivity index (χ3n) is 4.30. The highest BCUT2D eigenvalue weighted by molar-refractivity contribution is 4.96. The topological polar surface area (TPSA) is 54.6 Å². The number of rotatable bonds is 3. The van der Waals surface area contributed by atoms with Crippen LogP contribution in [0.5, 0.6) is 0 Å². The van der Waals surface area contributed by atoms with Crippen molar-refractivity contribution in [3.05, 3.63) is 11.7 Å². The van der Waals surface area contributed by atoms with Gasteiger partial charge in [0.15, 0.2) is 5.82 Å². The first-order valence-corrected chi connectivity index (χ1v) is 7.57. The van der Waals surface area contributed by atoms with E-state index in [0.717, 1.165) is 38.7 Å². The largest absolute Gasteiger partial charge is 0.377 e. The third kappa shape index (κ3) is 3.19. The molecule has 2 atom stereocenters. The van der Waals surface area contributed by atoms with E-state index >= 15 is 0 Å². The van der Waals surface area contributed by atoms with E-state index in [9.17, 15) is 0 Å². The van der Waals surface area contributed by atoms with Crippen molar-refractivity contribution in [1.29, 1.82) is 0 Å². The van der Waals surface area contributed by atoms with Crippen molar-refractivity contribution in [2.75, 3.05) is 39.8 Å². The Kier molecular flexibility index (Phi) is 4.33. The normalized spacial score (nSPS) is 29.7. The molecule has 1 aromatic rings. The van der Waals surface area contributed by atoms with E-state index in [-0.39, 0.29) is 6.04 Å². The second kappa shape index (κ2) is 6.20. The number of likely N-dealkylation sites (N-methyl/N-ethyl adjacent to an activating group) is 1. The van der Waals surface area contributed by atoms with Gasteiger partial charge >= 0.3 is 0 Å². The van der Waals surface area contributed by atoms with Gasteiger partial charge in [0.2, 0.25) is 5.89 Å². The molecule has 0 saturated carbocycles. The predicted molar refractivity (Wildman–Crippen MR) is 74.4 cm³/mol. The maximum atomic E-state index is 5.85. The molecule has 6 nitrogen and oxygen atoms in total. The molecule has 3 rings (SSSR count). The molecule has 6 heteroatoms. The van der Waals surface area contributed by atoms with E-state index in [1.54, 1.807) is 0 Å². The number of hydrogen-bond acceptors (Lipinski definition) is 6. The third-order valence-corrected chi connectivity index (χ3v) is 4.30. The molecule has 0 N–H and O–H groups in total. The molecule has 112 valence electrons. The molecule has 0 aliphatic carbocycles. The van der Waals surface area contributed by atoms with Gasteiger partial charge in [-0.2, -0.15) is 4.98 Å². The minimum absolute atomic E-state index is 0.202. The zero-order chi connectivity index (χ0) is 13.9. The molecule has 3 heterocycles. The van der Waals surface area contributed by atoms with E-state index in [1.165, 1.54) is 19.3 Å². The highest BCUT2D eigenvalue weighted by atomic mass is 16.5. The Morgan fingerprint density at radius 3 is 2.90 bits per heavy atom. The molecule has 0 bridgehead atoms. The molecular formula is C14H24N4O2. The van der Waals surface area contributed by atoms with E-state index in [2.05, 4.69) is 27.0 Å². The molecule has 0 spiro atoms. The standard InChI is InChI=1S/C14H24N4O2/c1-11-15-14(20-16-11)13-10-18(7-6-17(13)2)9-12-5-3-4-8-19-12/h12-13H,3-10H2,1-2H3/t12-,13+/m1/s1. The summed E-state index contributed by atoms with van der Waals surface area (Å²) in [5.41, 5.74) is 0. The fourth-order valence-corrected chi connectivity index (χ4v) is 3.05. The number of ether oxygens (including phenoxy) is 1. The summed E-state index contributed by atoms with van der Waals surface area (Å²) in [7, 11) is 2.12. The lowest BCUT2D eigenvalue weighted by molar-refractivity contribution is -0.0225. The fraction of sp³-hybridized carbons (Fsp3) is 0.857. The van der Waals surface area contributed by atoms with Gasteiger partial charge in [0.1, 0.15) is 6.04 Å². The van der Waals surface area contributed by atoms with Gasteiger partial charge in [0.25, 0.3) is 0 Å². The summed E-state index contributed by atoms with van der Waals surface area (Å²) < 4.78 is 11.2. The molecule has 0 unspecified atom stereocenters. The highest BCUT2D eigenvalue weighted by Crippen LogP contribution is 2.24. The monoisotopic (exact) mass is 280 g/mol. The molecule has 1 aromatic heterocycles. The van der Waals surface area contributed by atoms with Crippen molar-refractivity contribution in [3.63, 3.8) is 0 Å². The first kappa shape index (κ1) is 14.0. The zero-order valence-electron chi connectivity index (χ0n) is 12.4. The van der Waals surface area contributed by atoms with Gasteiger partial charge in [-0.25, -0.2) is 0 Å². The Morgan fingerprint density at radius 1 is 1.30 bits per heavy atom. The molecule has 20 heavy (non-hydrogen) atoms. The summed E-state index contributed by atoms with van der Waals surface area (Å²) in [4.78, 5) is 9.16. The van der Waals surface area contributed by atoms with Crippen molar-refractivity contribution < 1.29 is 9.26 Å². The summed E-state index contributed by atoms with van der Waals surface area (Å²) in [6, 6.07) is 0.202. The minimum atomic E-state index is 0.202. The number of nitrogens with zero attached hydrogens (tertiary/aromatic N) is 4. The van der Waals surface area contributed by atoms with E-state index in [4.69, 9.17) is 9.26 Å². The van der Waals surface area contributed by atoms with Crippen LogP contribution < -0.4 is 0 Å². The summed E-state index contributed by atoms with van der Waals surface area (Å²) in [6.45, 7) is 6.86. The summed E-state index contributed by atoms with van der Waals surface area (Å²) in [5.74, 6) is 1.44. The van der Waals surface area contributed by atoms with Gasteiger partial charge in [-0.05, 0) is 33.2 Å². The first-order chi connectivity index (χ1) is 9.72. The maximum absolute atomic E-state index is 5.85. The summed E-state index contributed by atoms with van der Waals surface area (Å²) in [5, 5.41) is 3.91. The Labute approximate surface area is 120 Å². The van der Waals surface area contributed by atoms with Crippen LogP contribution in [-0.4, -0.2) is 65.9 Å². The van der Waals surface area contributed by atoms with Crippen molar-refractivity contribution in [1.82, 2.24) is 19.9 Å². The highest BCUT2D eigenvalue weighted by Gasteiger charge is 2.31. The molecule has 0 amide bonds. The van der Waals surface area contributed by atoms with Gasteiger partial charge in [0, 0.05) is 32.8 Å². The van der Waals surface area contributed by atoms with Gasteiger partial charge in [-0.15, -0.1) is 0 Å². The van der Waals surface area contributed by atoms with Crippen molar-refractivity contribution in [2.45, 2.75) is 38.3 Å². The van der Waals surface area contributed by atoms with E-state index in [0.29, 0.717) is 11.9 Å².